The van der Waals surface area contributed by atoms with Crippen molar-refractivity contribution in [3.05, 3.63) is 71.2 Å². The Kier molecular flexibility index (Phi) is 4.36. The van der Waals surface area contributed by atoms with Gasteiger partial charge in [-0.15, -0.1) is 0 Å². The first-order chi connectivity index (χ1) is 11.0. The van der Waals surface area contributed by atoms with Gasteiger partial charge in [-0.05, 0) is 36.4 Å². The van der Waals surface area contributed by atoms with Gasteiger partial charge >= 0.3 is 0 Å². The second-order valence-corrected chi connectivity index (χ2v) is 5.18. The lowest BCUT2D eigenvalue weighted by Crippen LogP contribution is -2.22. The maximum atomic E-state index is 13.5. The maximum Gasteiger partial charge on any atom is 0.134 e. The highest BCUT2D eigenvalue weighted by molar-refractivity contribution is 5.77. The van der Waals surface area contributed by atoms with Crippen LogP contribution in [0.1, 0.15) is 17.4 Å². The fourth-order valence-electron chi connectivity index (χ4n) is 2.42. The van der Waals surface area contributed by atoms with E-state index in [1.165, 1.54) is 24.3 Å². The lowest BCUT2D eigenvalue weighted by molar-refractivity contribution is 0.164. The predicted octanol–water partition coefficient (Wildman–Crippen LogP) is 3.67. The van der Waals surface area contributed by atoms with E-state index in [2.05, 4.69) is 5.32 Å². The summed E-state index contributed by atoms with van der Waals surface area (Å²) < 4.78 is 45.7. The Morgan fingerprint density at radius 2 is 1.78 bits per heavy atom. The van der Waals surface area contributed by atoms with Gasteiger partial charge in [-0.2, -0.15) is 0 Å². The maximum absolute atomic E-state index is 13.5. The lowest BCUT2D eigenvalue weighted by atomic mass is 10.1. The van der Waals surface area contributed by atoms with Crippen molar-refractivity contribution >= 4 is 11.0 Å². The molecule has 3 aromatic rings. The zero-order valence-corrected chi connectivity index (χ0v) is 12.0. The van der Waals surface area contributed by atoms with Gasteiger partial charge < -0.3 is 14.8 Å². The lowest BCUT2D eigenvalue weighted by Gasteiger charge is -2.13. The molecule has 0 aliphatic heterocycles. The van der Waals surface area contributed by atoms with Gasteiger partial charge in [0.2, 0.25) is 0 Å². The first kappa shape index (κ1) is 15.6. The molecule has 0 aliphatic rings. The molecule has 6 heteroatoms. The van der Waals surface area contributed by atoms with Crippen molar-refractivity contribution in [3.8, 4) is 0 Å². The van der Waals surface area contributed by atoms with Crippen LogP contribution in [0.2, 0.25) is 0 Å². The molecule has 1 unspecified atom stereocenters. The normalized spacial score (nSPS) is 12.7. The molecular formula is C17H14F3NO2. The molecule has 3 nitrogen and oxygen atoms in total. The summed E-state index contributed by atoms with van der Waals surface area (Å²) in [6.07, 6.45) is -1.32. The van der Waals surface area contributed by atoms with E-state index in [1.807, 2.05) is 0 Å². The molecule has 1 heterocycles. The first-order valence-electron chi connectivity index (χ1n) is 7.05. The molecule has 0 saturated heterocycles. The summed E-state index contributed by atoms with van der Waals surface area (Å²) in [5.41, 5.74) is 0.176. The number of hydrogen-bond acceptors (Lipinski definition) is 3. The number of aliphatic hydroxyl groups is 1. The highest BCUT2D eigenvalue weighted by Gasteiger charge is 2.17. The van der Waals surface area contributed by atoms with Gasteiger partial charge in [0.25, 0.3) is 0 Å². The summed E-state index contributed by atoms with van der Waals surface area (Å²) in [6.45, 7) is 0.187. The molecule has 0 fully saturated rings. The van der Waals surface area contributed by atoms with E-state index < -0.39 is 17.7 Å². The Labute approximate surface area is 130 Å². The van der Waals surface area contributed by atoms with Crippen LogP contribution in [-0.4, -0.2) is 11.7 Å². The van der Waals surface area contributed by atoms with Crippen molar-refractivity contribution in [1.29, 1.82) is 0 Å². The molecule has 2 N–H and O–H groups in total. The van der Waals surface area contributed by atoms with Crippen LogP contribution >= 0.6 is 0 Å². The molecule has 0 aliphatic carbocycles. The summed E-state index contributed by atoms with van der Waals surface area (Å²) in [7, 11) is 0. The summed E-state index contributed by atoms with van der Waals surface area (Å²) in [6, 6.07) is 9.27. The number of nitrogens with one attached hydrogen (secondary N) is 1. The number of halogens is 3. The van der Waals surface area contributed by atoms with Crippen LogP contribution in [-0.2, 0) is 6.54 Å². The van der Waals surface area contributed by atoms with Crippen LogP contribution in [0, 0.1) is 17.5 Å². The standard InChI is InChI=1S/C17H14F3NO2/c18-11-4-5-16-10(6-11)7-12(23-16)8-21-9-15(22)17-13(19)2-1-3-14(17)20/h1-7,15,21-22H,8-9H2. The monoisotopic (exact) mass is 321 g/mol. The van der Waals surface area contributed by atoms with Gasteiger partial charge in [-0.1, -0.05) is 6.07 Å². The third-order valence-electron chi connectivity index (χ3n) is 3.50. The predicted molar refractivity (Wildman–Crippen MR) is 79.2 cm³/mol. The summed E-state index contributed by atoms with van der Waals surface area (Å²) in [4.78, 5) is 0. The van der Waals surface area contributed by atoms with Crippen LogP contribution in [0.25, 0.3) is 11.0 Å². The Balaban J connectivity index is 1.64. The van der Waals surface area contributed by atoms with Gasteiger partial charge in [0.05, 0.1) is 18.2 Å². The highest BCUT2D eigenvalue weighted by atomic mass is 19.1. The van der Waals surface area contributed by atoms with Crippen molar-refractivity contribution in [2.75, 3.05) is 6.54 Å². The van der Waals surface area contributed by atoms with Gasteiger partial charge in [0.1, 0.15) is 28.8 Å². The second kappa shape index (κ2) is 6.44. The number of furan rings is 1. The molecule has 1 atom stereocenters. The SMILES string of the molecule is OC(CNCc1cc2cc(F)ccc2o1)c1c(F)cccc1F. The van der Waals surface area contributed by atoms with E-state index in [-0.39, 0.29) is 24.5 Å². The van der Waals surface area contributed by atoms with Crippen molar-refractivity contribution in [1.82, 2.24) is 5.32 Å². The minimum absolute atomic E-state index is 0.0523. The molecule has 1 aromatic heterocycles. The highest BCUT2D eigenvalue weighted by Crippen LogP contribution is 2.22. The summed E-state index contributed by atoms with van der Waals surface area (Å²) in [5.74, 6) is -1.41. The van der Waals surface area contributed by atoms with Gasteiger partial charge in [-0.3, -0.25) is 0 Å². The minimum atomic E-state index is -1.32. The quantitative estimate of drug-likeness (QED) is 0.753. The van der Waals surface area contributed by atoms with E-state index in [4.69, 9.17) is 4.42 Å². The fourth-order valence-corrected chi connectivity index (χ4v) is 2.42. The molecule has 0 amide bonds. The Bertz CT molecular complexity index is 812. The number of aliphatic hydroxyl groups excluding tert-OH is 1. The second-order valence-electron chi connectivity index (χ2n) is 5.18. The van der Waals surface area contributed by atoms with E-state index in [9.17, 15) is 18.3 Å². The Morgan fingerprint density at radius 1 is 1.04 bits per heavy atom. The van der Waals surface area contributed by atoms with Crippen LogP contribution in [0.4, 0.5) is 13.2 Å². The van der Waals surface area contributed by atoms with E-state index in [0.717, 1.165) is 12.1 Å². The zero-order valence-electron chi connectivity index (χ0n) is 12.0. The average molecular weight is 321 g/mol. The summed E-state index contributed by atoms with van der Waals surface area (Å²) in [5, 5.41) is 13.4. The molecule has 3 rings (SSSR count). The number of fused-ring (bicyclic) bond motifs is 1. The Morgan fingerprint density at radius 3 is 2.52 bits per heavy atom. The molecule has 0 radical (unpaired) electrons. The van der Waals surface area contributed by atoms with E-state index in [0.29, 0.717) is 16.7 Å². The van der Waals surface area contributed by atoms with Crippen LogP contribution in [0.3, 0.4) is 0 Å². The molecule has 0 saturated carbocycles. The smallest absolute Gasteiger partial charge is 0.134 e. The molecule has 23 heavy (non-hydrogen) atoms. The van der Waals surface area contributed by atoms with Crippen LogP contribution in [0.15, 0.2) is 46.9 Å². The molecule has 120 valence electrons. The van der Waals surface area contributed by atoms with Crippen molar-refractivity contribution in [2.45, 2.75) is 12.6 Å². The molecular weight excluding hydrogens is 307 g/mol. The van der Waals surface area contributed by atoms with Gasteiger partial charge in [0, 0.05) is 11.9 Å². The van der Waals surface area contributed by atoms with E-state index >= 15 is 0 Å². The van der Waals surface area contributed by atoms with Crippen molar-refractivity contribution in [3.63, 3.8) is 0 Å². The third-order valence-corrected chi connectivity index (χ3v) is 3.50. The average Bonchev–Trinajstić information content (AvgIpc) is 2.88. The molecule has 0 spiro atoms. The summed E-state index contributed by atoms with van der Waals surface area (Å²) >= 11 is 0. The zero-order chi connectivity index (χ0) is 16.4. The largest absolute Gasteiger partial charge is 0.460 e. The number of benzene rings is 2. The van der Waals surface area contributed by atoms with E-state index in [1.54, 1.807) is 6.07 Å². The molecule has 2 aromatic carbocycles. The van der Waals surface area contributed by atoms with Gasteiger partial charge in [-0.25, -0.2) is 13.2 Å². The third kappa shape index (κ3) is 3.38. The first-order valence-corrected chi connectivity index (χ1v) is 7.05. The van der Waals surface area contributed by atoms with Crippen molar-refractivity contribution in [2.24, 2.45) is 0 Å². The van der Waals surface area contributed by atoms with Crippen molar-refractivity contribution < 1.29 is 22.7 Å². The van der Waals surface area contributed by atoms with Crippen LogP contribution in [0.5, 0.6) is 0 Å². The number of rotatable bonds is 5. The minimum Gasteiger partial charge on any atom is -0.460 e. The Hall–Kier alpha value is -2.31. The fraction of sp³-hybridized carbons (Fsp3) is 0.176. The van der Waals surface area contributed by atoms with Crippen LogP contribution < -0.4 is 5.32 Å². The number of hydrogen-bond donors (Lipinski definition) is 2. The molecule has 0 bridgehead atoms. The van der Waals surface area contributed by atoms with Gasteiger partial charge in [0.15, 0.2) is 0 Å². The topological polar surface area (TPSA) is 45.4 Å².